The summed E-state index contributed by atoms with van der Waals surface area (Å²) in [7, 11) is 0. The van der Waals surface area contributed by atoms with Crippen LogP contribution in [0.4, 0.5) is 5.95 Å². The Morgan fingerprint density at radius 1 is 0.816 bits per heavy atom. The van der Waals surface area contributed by atoms with Crippen molar-refractivity contribution in [2.75, 3.05) is 11.8 Å². The number of aromatic nitrogens is 2. The Labute approximate surface area is 225 Å². The molecule has 3 heterocycles. The normalized spacial score (nSPS) is 16.2. The standard InChI is InChI=1S/C31H23ClN4O2/c1-19-7-9-20(10-8-19)26-17-27(22-11-14-28-29(15-22)38-18-37-28)36(35-26)31-33-25-13-12-23(32)16-24(25)30(34-31)21-5-3-2-4-6-21/h2-16,27H,17-18H2,1H3/t27-/m1/s1. The molecule has 0 fully saturated rings. The smallest absolute Gasteiger partial charge is 0.247 e. The number of hydrogen-bond donors (Lipinski definition) is 0. The summed E-state index contributed by atoms with van der Waals surface area (Å²) in [6, 6.07) is 30.2. The van der Waals surface area contributed by atoms with Crippen LogP contribution in [0.25, 0.3) is 22.2 Å². The van der Waals surface area contributed by atoms with Crippen molar-refractivity contribution < 1.29 is 9.47 Å². The van der Waals surface area contributed by atoms with Gasteiger partial charge in [0.25, 0.3) is 0 Å². The molecule has 4 aromatic carbocycles. The predicted molar refractivity (Wildman–Crippen MR) is 150 cm³/mol. The van der Waals surface area contributed by atoms with Gasteiger partial charge in [-0.05, 0) is 48.4 Å². The van der Waals surface area contributed by atoms with Crippen molar-refractivity contribution in [1.82, 2.24) is 9.97 Å². The highest BCUT2D eigenvalue weighted by Crippen LogP contribution is 2.41. The maximum absolute atomic E-state index is 6.38. The van der Waals surface area contributed by atoms with Crippen LogP contribution in [0, 0.1) is 6.92 Å². The number of rotatable bonds is 4. The summed E-state index contributed by atoms with van der Waals surface area (Å²) in [6.07, 6.45) is 0.700. The van der Waals surface area contributed by atoms with E-state index >= 15 is 0 Å². The van der Waals surface area contributed by atoms with Crippen LogP contribution >= 0.6 is 11.6 Å². The fraction of sp³-hybridized carbons (Fsp3) is 0.129. The van der Waals surface area contributed by atoms with Gasteiger partial charge in [0.2, 0.25) is 12.7 Å². The van der Waals surface area contributed by atoms with Crippen molar-refractivity contribution in [2.24, 2.45) is 5.10 Å². The van der Waals surface area contributed by atoms with Gasteiger partial charge < -0.3 is 9.47 Å². The third-order valence-corrected chi connectivity index (χ3v) is 7.21. The zero-order valence-electron chi connectivity index (χ0n) is 20.6. The summed E-state index contributed by atoms with van der Waals surface area (Å²) >= 11 is 6.38. The van der Waals surface area contributed by atoms with Crippen LogP contribution in [0.1, 0.15) is 29.2 Å². The maximum Gasteiger partial charge on any atom is 0.247 e. The molecule has 7 rings (SSSR count). The van der Waals surface area contributed by atoms with Crippen molar-refractivity contribution >= 4 is 34.2 Å². The van der Waals surface area contributed by atoms with Gasteiger partial charge in [-0.2, -0.15) is 5.10 Å². The second-order valence-corrected chi connectivity index (χ2v) is 9.93. The number of ether oxygens (including phenoxy) is 2. The lowest BCUT2D eigenvalue weighted by atomic mass is 9.97. The number of fused-ring (bicyclic) bond motifs is 2. The first kappa shape index (κ1) is 22.8. The largest absolute Gasteiger partial charge is 0.454 e. The highest BCUT2D eigenvalue weighted by atomic mass is 35.5. The Balaban J connectivity index is 1.40. The number of halogens is 1. The molecule has 0 saturated carbocycles. The summed E-state index contributed by atoms with van der Waals surface area (Å²) in [6.45, 7) is 2.32. The van der Waals surface area contributed by atoms with E-state index in [0.29, 0.717) is 17.4 Å². The van der Waals surface area contributed by atoms with Crippen LogP contribution in [-0.4, -0.2) is 22.5 Å². The van der Waals surface area contributed by atoms with Gasteiger partial charge in [0.05, 0.1) is 23.0 Å². The van der Waals surface area contributed by atoms with Crippen LogP contribution in [0.3, 0.4) is 0 Å². The van der Waals surface area contributed by atoms with Crippen LogP contribution < -0.4 is 14.5 Å². The lowest BCUT2D eigenvalue weighted by molar-refractivity contribution is 0.174. The van der Waals surface area contributed by atoms with Gasteiger partial charge in [-0.3, -0.25) is 0 Å². The van der Waals surface area contributed by atoms with Crippen molar-refractivity contribution in [3.8, 4) is 22.8 Å². The number of hydrazone groups is 1. The molecule has 186 valence electrons. The van der Waals surface area contributed by atoms with E-state index in [1.165, 1.54) is 5.56 Å². The molecule has 0 saturated heterocycles. The Morgan fingerprint density at radius 2 is 1.63 bits per heavy atom. The van der Waals surface area contributed by atoms with E-state index in [9.17, 15) is 0 Å². The van der Waals surface area contributed by atoms with E-state index in [1.807, 2.05) is 65.7 Å². The number of benzene rings is 4. The van der Waals surface area contributed by atoms with E-state index in [4.69, 9.17) is 36.1 Å². The Hall–Kier alpha value is -4.42. The zero-order valence-corrected chi connectivity index (χ0v) is 21.4. The van der Waals surface area contributed by atoms with E-state index in [0.717, 1.165) is 50.5 Å². The average Bonchev–Trinajstić information content (AvgIpc) is 3.61. The second kappa shape index (κ2) is 9.15. The molecule has 6 nitrogen and oxygen atoms in total. The SMILES string of the molecule is Cc1ccc(C2=NN(c3nc(-c4ccccc4)c4cc(Cl)ccc4n3)[C@@H](c3ccc4c(c3)OCO4)C2)cc1. The molecule has 0 spiro atoms. The van der Waals surface area contributed by atoms with Gasteiger partial charge in [-0.25, -0.2) is 15.0 Å². The number of aryl methyl sites for hydroxylation is 1. The molecule has 7 heteroatoms. The van der Waals surface area contributed by atoms with Crippen LogP contribution in [0.5, 0.6) is 11.5 Å². The van der Waals surface area contributed by atoms with Gasteiger partial charge in [-0.1, -0.05) is 77.8 Å². The Bertz CT molecular complexity index is 1700. The third kappa shape index (κ3) is 4.03. The quantitative estimate of drug-likeness (QED) is 0.249. The molecule has 0 aliphatic carbocycles. The Kier molecular flexibility index (Phi) is 5.48. The summed E-state index contributed by atoms with van der Waals surface area (Å²) in [4.78, 5) is 10.0. The second-order valence-electron chi connectivity index (χ2n) is 9.49. The van der Waals surface area contributed by atoms with E-state index in [1.54, 1.807) is 0 Å². The molecular formula is C31H23ClN4O2. The summed E-state index contributed by atoms with van der Waals surface area (Å²) in [5.41, 5.74) is 6.94. The molecule has 5 aromatic rings. The minimum Gasteiger partial charge on any atom is -0.454 e. The van der Waals surface area contributed by atoms with Crippen molar-refractivity contribution in [2.45, 2.75) is 19.4 Å². The minimum absolute atomic E-state index is 0.117. The molecule has 2 aliphatic rings. The summed E-state index contributed by atoms with van der Waals surface area (Å²) < 4.78 is 11.2. The number of nitrogens with zero attached hydrogens (tertiary/aromatic N) is 4. The van der Waals surface area contributed by atoms with Gasteiger partial charge in [-0.15, -0.1) is 0 Å². The highest BCUT2D eigenvalue weighted by molar-refractivity contribution is 6.31. The first-order chi connectivity index (χ1) is 18.6. The molecule has 2 aliphatic heterocycles. The van der Waals surface area contributed by atoms with Crippen molar-refractivity contribution in [3.63, 3.8) is 0 Å². The fourth-order valence-electron chi connectivity index (χ4n) is 5.00. The first-order valence-corrected chi connectivity index (χ1v) is 12.9. The van der Waals surface area contributed by atoms with Crippen LogP contribution in [0.15, 0.2) is 96.1 Å². The molecule has 38 heavy (non-hydrogen) atoms. The van der Waals surface area contributed by atoms with Crippen molar-refractivity contribution in [3.05, 3.63) is 113 Å². The Morgan fingerprint density at radius 3 is 2.47 bits per heavy atom. The van der Waals surface area contributed by atoms with Gasteiger partial charge in [0.1, 0.15) is 0 Å². The predicted octanol–water partition coefficient (Wildman–Crippen LogP) is 7.34. The molecule has 0 radical (unpaired) electrons. The molecule has 0 bridgehead atoms. The molecule has 0 amide bonds. The lowest BCUT2D eigenvalue weighted by Crippen LogP contribution is -2.21. The van der Waals surface area contributed by atoms with Gasteiger partial charge >= 0.3 is 0 Å². The van der Waals surface area contributed by atoms with Gasteiger partial charge in [0.15, 0.2) is 11.5 Å². The zero-order chi connectivity index (χ0) is 25.6. The molecule has 0 N–H and O–H groups in total. The highest BCUT2D eigenvalue weighted by Gasteiger charge is 2.33. The number of anilines is 1. The fourth-order valence-corrected chi connectivity index (χ4v) is 5.17. The summed E-state index contributed by atoms with van der Waals surface area (Å²) in [5.74, 6) is 2.02. The summed E-state index contributed by atoms with van der Waals surface area (Å²) in [5, 5.41) is 8.57. The molecule has 1 atom stereocenters. The van der Waals surface area contributed by atoms with Crippen molar-refractivity contribution in [1.29, 1.82) is 0 Å². The number of hydrogen-bond acceptors (Lipinski definition) is 6. The molecule has 1 aromatic heterocycles. The average molecular weight is 519 g/mol. The lowest BCUT2D eigenvalue weighted by Gasteiger charge is -2.23. The maximum atomic E-state index is 6.38. The van der Waals surface area contributed by atoms with E-state index < -0.39 is 0 Å². The molecule has 0 unspecified atom stereocenters. The van der Waals surface area contributed by atoms with E-state index in [-0.39, 0.29) is 12.8 Å². The first-order valence-electron chi connectivity index (χ1n) is 12.5. The van der Waals surface area contributed by atoms with Gasteiger partial charge in [0, 0.05) is 22.4 Å². The topological polar surface area (TPSA) is 59.8 Å². The monoisotopic (exact) mass is 518 g/mol. The van der Waals surface area contributed by atoms with Crippen LogP contribution in [-0.2, 0) is 0 Å². The molecular weight excluding hydrogens is 496 g/mol. The van der Waals surface area contributed by atoms with E-state index in [2.05, 4.69) is 37.3 Å². The van der Waals surface area contributed by atoms with Crippen LogP contribution in [0.2, 0.25) is 5.02 Å². The third-order valence-electron chi connectivity index (χ3n) is 6.97. The minimum atomic E-state index is -0.117.